The van der Waals surface area contributed by atoms with Crippen molar-refractivity contribution in [1.82, 2.24) is 19.2 Å². The molecule has 0 radical (unpaired) electrons. The second kappa shape index (κ2) is 9.24. The topological polar surface area (TPSA) is 66.9 Å². The summed E-state index contributed by atoms with van der Waals surface area (Å²) in [6.07, 6.45) is 9.16. The molecule has 2 aliphatic rings. The highest BCUT2D eigenvalue weighted by Crippen LogP contribution is 2.28. The Kier molecular flexibility index (Phi) is 7.51. The number of hydrogen-bond donors (Lipinski definition) is 1. The predicted octanol–water partition coefficient (Wildman–Crippen LogP) is 2.48. The zero-order chi connectivity index (χ0) is 17.3. The first-order valence-corrected chi connectivity index (χ1v) is 9.37. The van der Waals surface area contributed by atoms with Crippen molar-refractivity contribution in [3.8, 4) is 0 Å². The number of hydrogen-bond acceptors (Lipinski definition) is 4. The number of piperazine rings is 1. The standard InChI is InChI=1S/C19H27N5O.2ClH/c20-19(7-3-1-4-8-19)18(25)23-12-10-22(11-13-23)14-16-15-24-9-5-2-6-17(24)21-16;;/h2,5-6,9,15H,1,3-4,7-8,10-14,20H2;2*1H. The largest absolute Gasteiger partial charge is 0.339 e. The number of carbonyl (C=O) groups excluding carboxylic acids is 1. The maximum atomic E-state index is 12.8. The quantitative estimate of drug-likeness (QED) is 0.838. The molecule has 0 spiro atoms. The van der Waals surface area contributed by atoms with E-state index in [1.54, 1.807) is 0 Å². The number of nitrogens with two attached hydrogens (primary N) is 1. The van der Waals surface area contributed by atoms with Gasteiger partial charge in [-0.15, -0.1) is 24.8 Å². The number of pyridine rings is 1. The lowest BCUT2D eigenvalue weighted by molar-refractivity contribution is -0.140. The van der Waals surface area contributed by atoms with Crippen LogP contribution in [-0.4, -0.2) is 56.8 Å². The molecule has 0 aromatic carbocycles. The van der Waals surface area contributed by atoms with Gasteiger partial charge in [0.25, 0.3) is 0 Å². The number of aromatic nitrogens is 2. The Morgan fingerprint density at radius 1 is 1.07 bits per heavy atom. The van der Waals surface area contributed by atoms with E-state index >= 15 is 0 Å². The van der Waals surface area contributed by atoms with E-state index in [9.17, 15) is 4.79 Å². The summed E-state index contributed by atoms with van der Waals surface area (Å²) < 4.78 is 2.05. The number of fused-ring (bicyclic) bond motifs is 1. The van der Waals surface area contributed by atoms with E-state index in [-0.39, 0.29) is 30.7 Å². The third kappa shape index (κ3) is 4.74. The van der Waals surface area contributed by atoms with E-state index in [4.69, 9.17) is 5.73 Å². The van der Waals surface area contributed by atoms with Crippen LogP contribution in [0, 0.1) is 0 Å². The van der Waals surface area contributed by atoms with E-state index in [1.165, 1.54) is 6.42 Å². The zero-order valence-corrected chi connectivity index (χ0v) is 17.2. The molecule has 27 heavy (non-hydrogen) atoms. The van der Waals surface area contributed by atoms with Crippen LogP contribution in [0.1, 0.15) is 37.8 Å². The maximum absolute atomic E-state index is 12.8. The minimum absolute atomic E-state index is 0. The normalized spacial score (nSPS) is 20.0. The Morgan fingerprint density at radius 3 is 2.44 bits per heavy atom. The van der Waals surface area contributed by atoms with Crippen LogP contribution in [0.2, 0.25) is 0 Å². The van der Waals surface area contributed by atoms with Gasteiger partial charge in [-0.2, -0.15) is 0 Å². The Bertz CT molecular complexity index is 718. The van der Waals surface area contributed by atoms with Gasteiger partial charge in [-0.1, -0.05) is 25.3 Å². The summed E-state index contributed by atoms with van der Waals surface area (Å²) in [4.78, 5) is 21.8. The molecule has 3 heterocycles. The second-order valence-electron chi connectivity index (χ2n) is 7.48. The minimum Gasteiger partial charge on any atom is -0.339 e. The van der Waals surface area contributed by atoms with Gasteiger partial charge in [0.05, 0.1) is 11.2 Å². The third-order valence-corrected chi connectivity index (χ3v) is 5.63. The van der Waals surface area contributed by atoms with Crippen LogP contribution in [0.25, 0.3) is 5.65 Å². The molecular weight excluding hydrogens is 385 g/mol. The average molecular weight is 414 g/mol. The highest BCUT2D eigenvalue weighted by molar-refractivity contribution is 5.86. The Morgan fingerprint density at radius 2 is 1.78 bits per heavy atom. The molecule has 2 fully saturated rings. The van der Waals surface area contributed by atoms with Crippen LogP contribution in [0.5, 0.6) is 0 Å². The van der Waals surface area contributed by atoms with Crippen molar-refractivity contribution in [3.05, 3.63) is 36.3 Å². The summed E-state index contributed by atoms with van der Waals surface area (Å²) in [7, 11) is 0. The highest BCUT2D eigenvalue weighted by Gasteiger charge is 2.39. The van der Waals surface area contributed by atoms with Gasteiger partial charge in [0.2, 0.25) is 5.91 Å². The molecule has 0 atom stereocenters. The molecule has 0 unspecified atom stereocenters. The molecule has 2 aromatic rings. The smallest absolute Gasteiger partial charge is 0.242 e. The van der Waals surface area contributed by atoms with Crippen LogP contribution in [0.15, 0.2) is 30.6 Å². The van der Waals surface area contributed by atoms with E-state index in [0.29, 0.717) is 0 Å². The van der Waals surface area contributed by atoms with Crippen LogP contribution in [-0.2, 0) is 11.3 Å². The van der Waals surface area contributed by atoms with E-state index in [0.717, 1.165) is 69.7 Å². The van der Waals surface area contributed by atoms with Gasteiger partial charge in [-0.05, 0) is 25.0 Å². The molecule has 1 saturated carbocycles. The van der Waals surface area contributed by atoms with Gasteiger partial charge in [0, 0.05) is 45.1 Å². The molecule has 4 rings (SSSR count). The first-order valence-electron chi connectivity index (χ1n) is 9.37. The Balaban J connectivity index is 0.00000131. The number of carbonyl (C=O) groups is 1. The first-order chi connectivity index (χ1) is 12.1. The van der Waals surface area contributed by atoms with Gasteiger partial charge >= 0.3 is 0 Å². The Labute approximate surface area is 172 Å². The van der Waals surface area contributed by atoms with E-state index in [1.807, 2.05) is 29.3 Å². The first kappa shape index (κ1) is 22.0. The molecular formula is C19H29Cl2N5O. The van der Waals surface area contributed by atoms with Gasteiger partial charge in [0.15, 0.2) is 0 Å². The van der Waals surface area contributed by atoms with Crippen molar-refractivity contribution in [1.29, 1.82) is 0 Å². The Hall–Kier alpha value is -1.34. The van der Waals surface area contributed by atoms with Gasteiger partial charge < -0.3 is 15.0 Å². The molecule has 1 aliphatic heterocycles. The number of rotatable bonds is 3. The number of imidazole rings is 1. The number of amides is 1. The zero-order valence-electron chi connectivity index (χ0n) is 15.5. The molecule has 8 heteroatoms. The molecule has 1 amide bonds. The van der Waals surface area contributed by atoms with Crippen molar-refractivity contribution >= 4 is 36.4 Å². The molecule has 6 nitrogen and oxygen atoms in total. The lowest BCUT2D eigenvalue weighted by Gasteiger charge is -2.40. The van der Waals surface area contributed by atoms with E-state index < -0.39 is 5.54 Å². The summed E-state index contributed by atoms with van der Waals surface area (Å²) >= 11 is 0. The van der Waals surface area contributed by atoms with Crippen molar-refractivity contribution in [2.45, 2.75) is 44.2 Å². The average Bonchev–Trinajstić information content (AvgIpc) is 3.04. The van der Waals surface area contributed by atoms with Crippen LogP contribution < -0.4 is 5.73 Å². The molecule has 1 saturated heterocycles. The molecule has 1 aliphatic carbocycles. The molecule has 0 bridgehead atoms. The third-order valence-electron chi connectivity index (χ3n) is 5.63. The van der Waals surface area contributed by atoms with E-state index in [2.05, 4.69) is 20.5 Å². The van der Waals surface area contributed by atoms with Gasteiger partial charge in [-0.3, -0.25) is 9.69 Å². The van der Waals surface area contributed by atoms with Crippen LogP contribution in [0.3, 0.4) is 0 Å². The lowest BCUT2D eigenvalue weighted by atomic mass is 9.81. The fourth-order valence-corrected chi connectivity index (χ4v) is 4.11. The van der Waals surface area contributed by atoms with Crippen LogP contribution >= 0.6 is 24.8 Å². The lowest BCUT2D eigenvalue weighted by Crippen LogP contribution is -2.60. The summed E-state index contributed by atoms with van der Waals surface area (Å²) in [5, 5.41) is 0. The summed E-state index contributed by atoms with van der Waals surface area (Å²) in [5.41, 5.74) is 7.87. The van der Waals surface area contributed by atoms with Crippen molar-refractivity contribution < 1.29 is 4.79 Å². The van der Waals surface area contributed by atoms with Crippen molar-refractivity contribution in [2.24, 2.45) is 5.73 Å². The number of nitrogens with zero attached hydrogens (tertiary/aromatic N) is 4. The highest BCUT2D eigenvalue weighted by atomic mass is 35.5. The van der Waals surface area contributed by atoms with Gasteiger partial charge in [0.1, 0.15) is 5.65 Å². The monoisotopic (exact) mass is 413 g/mol. The summed E-state index contributed by atoms with van der Waals surface area (Å²) in [6, 6.07) is 6.03. The molecule has 2 N–H and O–H groups in total. The predicted molar refractivity (Wildman–Crippen MR) is 112 cm³/mol. The van der Waals surface area contributed by atoms with Crippen LogP contribution in [0.4, 0.5) is 0 Å². The summed E-state index contributed by atoms with van der Waals surface area (Å²) in [5.74, 6) is 0.166. The SMILES string of the molecule is Cl.Cl.NC1(C(=O)N2CCN(Cc3cn4ccccc4n3)CC2)CCCCC1. The molecule has 2 aromatic heterocycles. The van der Waals surface area contributed by atoms with Crippen molar-refractivity contribution in [2.75, 3.05) is 26.2 Å². The number of halogens is 2. The summed E-state index contributed by atoms with van der Waals surface area (Å²) in [6.45, 7) is 4.14. The molecule has 150 valence electrons. The fourth-order valence-electron chi connectivity index (χ4n) is 4.11. The van der Waals surface area contributed by atoms with Gasteiger partial charge in [-0.25, -0.2) is 4.98 Å². The fraction of sp³-hybridized carbons (Fsp3) is 0.579. The van der Waals surface area contributed by atoms with Crippen molar-refractivity contribution in [3.63, 3.8) is 0 Å². The minimum atomic E-state index is -0.609. The maximum Gasteiger partial charge on any atom is 0.242 e. The second-order valence-corrected chi connectivity index (χ2v) is 7.48.